The van der Waals surface area contributed by atoms with Crippen LogP contribution in [0.2, 0.25) is 0 Å². The molecule has 17 heavy (non-hydrogen) atoms. The van der Waals surface area contributed by atoms with Gasteiger partial charge in [-0.15, -0.1) is 0 Å². The lowest BCUT2D eigenvalue weighted by Gasteiger charge is -2.11. The van der Waals surface area contributed by atoms with Gasteiger partial charge in [-0.25, -0.2) is 18.1 Å². The highest BCUT2D eigenvalue weighted by Gasteiger charge is 2.18. The van der Waals surface area contributed by atoms with E-state index in [0.29, 0.717) is 23.4 Å². The number of pyridine rings is 1. The fourth-order valence-corrected chi connectivity index (χ4v) is 2.95. The van der Waals surface area contributed by atoms with Crippen LogP contribution in [0.15, 0.2) is 21.6 Å². The van der Waals surface area contributed by atoms with Gasteiger partial charge >= 0.3 is 0 Å². The van der Waals surface area contributed by atoms with E-state index in [1.807, 2.05) is 6.92 Å². The Morgan fingerprint density at radius 1 is 1.41 bits per heavy atom. The zero-order valence-electron chi connectivity index (χ0n) is 9.83. The molecule has 0 amide bonds. The van der Waals surface area contributed by atoms with Crippen molar-refractivity contribution >= 4 is 31.8 Å². The van der Waals surface area contributed by atoms with Crippen molar-refractivity contribution in [3.63, 3.8) is 0 Å². The van der Waals surface area contributed by atoms with Gasteiger partial charge in [0.2, 0.25) is 10.0 Å². The van der Waals surface area contributed by atoms with E-state index in [0.717, 1.165) is 6.42 Å². The molecule has 0 aliphatic heterocycles. The van der Waals surface area contributed by atoms with E-state index in [-0.39, 0.29) is 4.90 Å². The van der Waals surface area contributed by atoms with Crippen LogP contribution in [0.5, 0.6) is 0 Å². The van der Waals surface area contributed by atoms with Crippen molar-refractivity contribution in [1.29, 1.82) is 0 Å². The average molecular weight is 322 g/mol. The predicted octanol–water partition coefficient (Wildman–Crippen LogP) is 1.96. The second-order valence-corrected chi connectivity index (χ2v) is 6.08. The molecular formula is C10H16BrN3O2S. The summed E-state index contributed by atoms with van der Waals surface area (Å²) in [5.74, 6) is 0.385. The molecule has 5 nitrogen and oxygen atoms in total. The van der Waals surface area contributed by atoms with Crippen LogP contribution >= 0.6 is 15.9 Å². The van der Waals surface area contributed by atoms with Crippen LogP contribution in [0.25, 0.3) is 0 Å². The molecule has 0 atom stereocenters. The number of hydrogen-bond donors (Lipinski definition) is 2. The van der Waals surface area contributed by atoms with Crippen LogP contribution in [0.3, 0.4) is 0 Å². The highest BCUT2D eigenvalue weighted by molar-refractivity contribution is 9.10. The van der Waals surface area contributed by atoms with Crippen molar-refractivity contribution in [2.24, 2.45) is 0 Å². The first-order valence-corrected chi connectivity index (χ1v) is 7.68. The Bertz CT molecular complexity index is 476. The lowest BCUT2D eigenvalue weighted by molar-refractivity contribution is 0.583. The van der Waals surface area contributed by atoms with E-state index < -0.39 is 10.0 Å². The summed E-state index contributed by atoms with van der Waals surface area (Å²) in [5.41, 5.74) is 0. The first-order valence-electron chi connectivity index (χ1n) is 5.40. The van der Waals surface area contributed by atoms with Gasteiger partial charge < -0.3 is 5.32 Å². The number of nitrogens with zero attached hydrogens (tertiary/aromatic N) is 1. The topological polar surface area (TPSA) is 71.1 Å². The van der Waals surface area contributed by atoms with E-state index in [2.05, 4.69) is 31.0 Å². The molecule has 0 saturated carbocycles. The second-order valence-electron chi connectivity index (χ2n) is 3.43. The third-order valence-corrected chi connectivity index (χ3v) is 3.98. The number of anilines is 1. The van der Waals surface area contributed by atoms with Gasteiger partial charge in [-0.05, 0) is 28.4 Å². The minimum Gasteiger partial charge on any atom is -0.369 e. The first kappa shape index (κ1) is 14.4. The van der Waals surface area contributed by atoms with Crippen LogP contribution in [0, 0.1) is 0 Å². The van der Waals surface area contributed by atoms with E-state index >= 15 is 0 Å². The van der Waals surface area contributed by atoms with Crippen molar-refractivity contribution in [2.45, 2.75) is 25.2 Å². The summed E-state index contributed by atoms with van der Waals surface area (Å²) in [4.78, 5) is 4.26. The molecule has 1 rings (SSSR count). The zero-order valence-corrected chi connectivity index (χ0v) is 12.2. The predicted molar refractivity (Wildman–Crippen MR) is 71.6 cm³/mol. The Hall–Kier alpha value is -0.660. The minimum absolute atomic E-state index is 0.169. The largest absolute Gasteiger partial charge is 0.369 e. The molecule has 7 heteroatoms. The quantitative estimate of drug-likeness (QED) is 0.840. The van der Waals surface area contributed by atoms with E-state index in [9.17, 15) is 8.42 Å². The highest BCUT2D eigenvalue weighted by Crippen LogP contribution is 2.22. The SMILES string of the molecule is CCCNc1ncc(Br)cc1S(=O)(=O)NCC. The van der Waals surface area contributed by atoms with Crippen molar-refractivity contribution in [2.75, 3.05) is 18.4 Å². The van der Waals surface area contributed by atoms with Crippen molar-refractivity contribution in [3.8, 4) is 0 Å². The second kappa shape index (κ2) is 6.32. The molecule has 0 spiro atoms. The number of sulfonamides is 1. The maximum atomic E-state index is 12.0. The summed E-state index contributed by atoms with van der Waals surface area (Å²) in [6.45, 7) is 4.78. The average Bonchev–Trinajstić information content (AvgIpc) is 2.27. The van der Waals surface area contributed by atoms with Crippen LogP contribution in [0.4, 0.5) is 5.82 Å². The van der Waals surface area contributed by atoms with Crippen molar-refractivity contribution in [3.05, 3.63) is 16.7 Å². The molecule has 0 aliphatic carbocycles. The monoisotopic (exact) mass is 321 g/mol. The Labute approximate surface area is 110 Å². The fourth-order valence-electron chi connectivity index (χ4n) is 1.27. The Balaban J connectivity index is 3.15. The van der Waals surface area contributed by atoms with E-state index in [1.165, 1.54) is 0 Å². The summed E-state index contributed by atoms with van der Waals surface area (Å²) in [6, 6.07) is 1.54. The normalized spacial score (nSPS) is 11.5. The van der Waals surface area contributed by atoms with E-state index in [1.54, 1.807) is 19.2 Å². The van der Waals surface area contributed by atoms with Crippen molar-refractivity contribution in [1.82, 2.24) is 9.71 Å². The van der Waals surface area contributed by atoms with Gasteiger partial charge in [0.25, 0.3) is 0 Å². The molecule has 1 heterocycles. The molecule has 2 N–H and O–H groups in total. The zero-order chi connectivity index (χ0) is 12.9. The lowest BCUT2D eigenvalue weighted by Crippen LogP contribution is -2.24. The smallest absolute Gasteiger partial charge is 0.244 e. The van der Waals surface area contributed by atoms with Gasteiger partial charge in [-0.2, -0.15) is 0 Å². The minimum atomic E-state index is -3.50. The number of aromatic nitrogens is 1. The number of nitrogens with one attached hydrogen (secondary N) is 2. The van der Waals surface area contributed by atoms with E-state index in [4.69, 9.17) is 0 Å². The summed E-state index contributed by atoms with van der Waals surface area (Å²) in [7, 11) is -3.50. The van der Waals surface area contributed by atoms with Gasteiger partial charge in [0.1, 0.15) is 10.7 Å². The molecule has 1 aromatic heterocycles. The molecule has 0 saturated heterocycles. The summed E-state index contributed by atoms with van der Waals surface area (Å²) >= 11 is 3.23. The third-order valence-electron chi connectivity index (χ3n) is 1.99. The number of halogens is 1. The fraction of sp³-hybridized carbons (Fsp3) is 0.500. The van der Waals surface area contributed by atoms with Crippen LogP contribution in [0.1, 0.15) is 20.3 Å². The molecule has 0 aromatic carbocycles. The molecule has 0 fully saturated rings. The summed E-state index contributed by atoms with van der Waals surface area (Å²) in [6.07, 6.45) is 2.47. The van der Waals surface area contributed by atoms with Gasteiger partial charge in [-0.1, -0.05) is 13.8 Å². The van der Waals surface area contributed by atoms with Gasteiger partial charge in [0, 0.05) is 23.8 Å². The Kier molecular flexibility index (Phi) is 5.35. The van der Waals surface area contributed by atoms with Crippen LogP contribution < -0.4 is 10.0 Å². The highest BCUT2D eigenvalue weighted by atomic mass is 79.9. The molecule has 0 bridgehead atoms. The molecule has 0 unspecified atom stereocenters. The first-order chi connectivity index (χ1) is 8.01. The number of hydrogen-bond acceptors (Lipinski definition) is 4. The maximum absolute atomic E-state index is 12.0. The standard InChI is InChI=1S/C10H16BrN3O2S/c1-3-5-12-10-9(6-8(11)7-13-10)17(15,16)14-4-2/h6-7,14H,3-5H2,1-2H3,(H,12,13). The molecule has 0 radical (unpaired) electrons. The molecule has 1 aromatic rings. The summed E-state index contributed by atoms with van der Waals surface area (Å²) in [5, 5.41) is 3.00. The van der Waals surface area contributed by atoms with Gasteiger partial charge in [0.05, 0.1) is 0 Å². The van der Waals surface area contributed by atoms with Crippen molar-refractivity contribution < 1.29 is 8.42 Å². The number of rotatable bonds is 6. The molecule has 96 valence electrons. The molecular weight excluding hydrogens is 306 g/mol. The Morgan fingerprint density at radius 2 is 2.12 bits per heavy atom. The third kappa shape index (κ3) is 3.93. The summed E-state index contributed by atoms with van der Waals surface area (Å²) < 4.78 is 27.0. The maximum Gasteiger partial charge on any atom is 0.244 e. The lowest BCUT2D eigenvalue weighted by atomic mass is 10.4. The molecule has 0 aliphatic rings. The van der Waals surface area contributed by atoms with Crippen LogP contribution in [-0.2, 0) is 10.0 Å². The van der Waals surface area contributed by atoms with Gasteiger partial charge in [0.15, 0.2) is 0 Å². The Morgan fingerprint density at radius 3 is 2.71 bits per heavy atom. The van der Waals surface area contributed by atoms with Crippen LogP contribution in [-0.4, -0.2) is 26.5 Å². The van der Waals surface area contributed by atoms with Gasteiger partial charge in [-0.3, -0.25) is 0 Å².